The van der Waals surface area contributed by atoms with Crippen LogP contribution in [0.1, 0.15) is 19.8 Å². The van der Waals surface area contributed by atoms with Crippen molar-refractivity contribution in [1.82, 2.24) is 4.90 Å². The second-order valence-electron chi connectivity index (χ2n) is 4.22. The quantitative estimate of drug-likeness (QED) is 0.745. The second-order valence-corrected chi connectivity index (χ2v) is 5.67. The lowest BCUT2D eigenvalue weighted by atomic mass is 9.87. The fourth-order valence-corrected chi connectivity index (χ4v) is 3.88. The number of aliphatic imine (C=N–C) groups is 1. The topological polar surface area (TPSA) is 58.7 Å². The molecule has 2 unspecified atom stereocenters. The van der Waals surface area contributed by atoms with Gasteiger partial charge >= 0.3 is 6.03 Å². The van der Waals surface area contributed by atoms with Gasteiger partial charge in [-0.1, -0.05) is 13.0 Å². The van der Waals surface area contributed by atoms with E-state index in [9.17, 15) is 4.79 Å². The highest BCUT2D eigenvalue weighted by Crippen LogP contribution is 2.41. The molecule has 4 nitrogen and oxygen atoms in total. The van der Waals surface area contributed by atoms with Gasteiger partial charge in [-0.2, -0.15) is 16.8 Å². The summed E-state index contributed by atoms with van der Waals surface area (Å²) in [5.74, 6) is 1.62. The van der Waals surface area contributed by atoms with Crippen molar-refractivity contribution in [2.24, 2.45) is 10.7 Å². The van der Waals surface area contributed by atoms with Gasteiger partial charge in [0.05, 0.1) is 0 Å². The number of thioether (sulfide) groups is 1. The number of nitrogens with zero attached hydrogens (tertiary/aromatic N) is 2. The van der Waals surface area contributed by atoms with E-state index < -0.39 is 0 Å². The van der Waals surface area contributed by atoms with Crippen molar-refractivity contribution < 1.29 is 4.79 Å². The third-order valence-electron chi connectivity index (χ3n) is 3.43. The maximum absolute atomic E-state index is 11.8. The first kappa shape index (κ1) is 11.5. The van der Waals surface area contributed by atoms with E-state index in [2.05, 4.69) is 18.5 Å². The van der Waals surface area contributed by atoms with Crippen LogP contribution < -0.4 is 5.73 Å². The minimum Gasteiger partial charge on any atom is -0.385 e. The maximum Gasteiger partial charge on any atom is 0.346 e. The van der Waals surface area contributed by atoms with Crippen molar-refractivity contribution in [3.8, 4) is 0 Å². The number of amidine groups is 1. The number of carbonyl (C=O) groups excluding carboxylic acids is 1. The Morgan fingerprint density at radius 2 is 2.56 bits per heavy atom. The van der Waals surface area contributed by atoms with Gasteiger partial charge in [0, 0.05) is 11.8 Å². The van der Waals surface area contributed by atoms with E-state index in [1.165, 1.54) is 0 Å². The second kappa shape index (κ2) is 4.13. The predicted molar refractivity (Wildman–Crippen MR) is 67.8 cm³/mol. The van der Waals surface area contributed by atoms with Crippen LogP contribution in [0.25, 0.3) is 0 Å². The molecule has 2 heterocycles. The van der Waals surface area contributed by atoms with Crippen LogP contribution in [0.5, 0.6) is 0 Å². The van der Waals surface area contributed by atoms with Crippen molar-refractivity contribution in [3.05, 3.63) is 12.7 Å². The minimum atomic E-state index is -0.367. The van der Waals surface area contributed by atoms with Crippen LogP contribution in [-0.4, -0.2) is 39.9 Å². The zero-order chi connectivity index (χ0) is 11.8. The van der Waals surface area contributed by atoms with E-state index >= 15 is 0 Å². The van der Waals surface area contributed by atoms with Crippen molar-refractivity contribution in [3.63, 3.8) is 0 Å². The number of hydrogen-bond acceptors (Lipinski definition) is 3. The Hall–Kier alpha value is -0.970. The summed E-state index contributed by atoms with van der Waals surface area (Å²) in [6.45, 7) is 6.34. The number of carbonyl (C=O) groups is 1. The highest BCUT2D eigenvalue weighted by atomic mass is 32.2. The van der Waals surface area contributed by atoms with Gasteiger partial charge in [-0.25, -0.2) is 4.79 Å². The van der Waals surface area contributed by atoms with Gasteiger partial charge in [0.15, 0.2) is 0 Å². The molecule has 0 saturated carbocycles. The molecule has 88 valence electrons. The Kier molecular flexibility index (Phi) is 2.97. The number of rotatable bonds is 2. The summed E-state index contributed by atoms with van der Waals surface area (Å²) in [6, 6.07) is -0.216. The van der Waals surface area contributed by atoms with Crippen molar-refractivity contribution in [2.75, 3.05) is 12.3 Å². The molecule has 0 aromatic carbocycles. The van der Waals surface area contributed by atoms with Gasteiger partial charge in [-0.3, -0.25) is 0 Å². The maximum atomic E-state index is 11.8. The number of urea groups is 1. The lowest BCUT2D eigenvalue weighted by molar-refractivity contribution is 0.172. The van der Waals surface area contributed by atoms with Crippen molar-refractivity contribution >= 4 is 23.6 Å². The summed E-state index contributed by atoms with van der Waals surface area (Å²) in [5.41, 5.74) is 5.62. The molecule has 2 N–H and O–H groups in total. The summed E-state index contributed by atoms with van der Waals surface area (Å²) in [6.07, 6.45) is 3.72. The van der Waals surface area contributed by atoms with Gasteiger partial charge in [0.25, 0.3) is 0 Å². The molecular weight excluding hydrogens is 222 g/mol. The average Bonchev–Trinajstić information content (AvgIpc) is 2.48. The molecule has 0 bridgehead atoms. The van der Waals surface area contributed by atoms with Crippen LogP contribution in [0.4, 0.5) is 4.79 Å². The molecular formula is C11H17N3OS. The molecule has 0 aliphatic carbocycles. The Morgan fingerprint density at radius 3 is 3.19 bits per heavy atom. The molecule has 5 heteroatoms. The van der Waals surface area contributed by atoms with Crippen LogP contribution >= 0.6 is 11.8 Å². The van der Waals surface area contributed by atoms with Gasteiger partial charge in [0.1, 0.15) is 11.4 Å². The van der Waals surface area contributed by atoms with Crippen LogP contribution in [0.15, 0.2) is 17.6 Å². The normalized spacial score (nSPS) is 34.3. The third-order valence-corrected chi connectivity index (χ3v) is 4.84. The zero-order valence-corrected chi connectivity index (χ0v) is 10.3. The van der Waals surface area contributed by atoms with E-state index in [0.717, 1.165) is 18.6 Å². The van der Waals surface area contributed by atoms with Gasteiger partial charge < -0.3 is 10.6 Å². The Labute approximate surface area is 100.0 Å². The lowest BCUT2D eigenvalue weighted by Crippen LogP contribution is -2.61. The highest BCUT2D eigenvalue weighted by molar-refractivity contribution is 8.00. The molecule has 2 aliphatic rings. The first-order valence-electron chi connectivity index (χ1n) is 5.51. The monoisotopic (exact) mass is 239 g/mol. The van der Waals surface area contributed by atoms with E-state index in [0.29, 0.717) is 17.6 Å². The Morgan fingerprint density at radius 1 is 1.81 bits per heavy atom. The molecule has 2 rings (SSSR count). The standard InChI is InChI=1S/C11H17N3OS/c1-3-6-14-10(15)13-9(12)11(14)5-4-7-16-8(11)2/h3,8H,1,4-7H2,2H3,(H2,12,13,15). The molecule has 1 spiro atoms. The summed E-state index contributed by atoms with van der Waals surface area (Å²) in [5, 5.41) is 0.302. The molecule has 16 heavy (non-hydrogen) atoms. The molecule has 0 radical (unpaired) electrons. The fourth-order valence-electron chi connectivity index (χ4n) is 2.57. The van der Waals surface area contributed by atoms with E-state index in [-0.39, 0.29) is 11.6 Å². The summed E-state index contributed by atoms with van der Waals surface area (Å²) < 4.78 is 0. The highest BCUT2D eigenvalue weighted by Gasteiger charge is 2.52. The summed E-state index contributed by atoms with van der Waals surface area (Å²) in [7, 11) is 0. The molecule has 0 aromatic rings. The average molecular weight is 239 g/mol. The smallest absolute Gasteiger partial charge is 0.346 e. The van der Waals surface area contributed by atoms with E-state index in [4.69, 9.17) is 5.73 Å². The first-order valence-corrected chi connectivity index (χ1v) is 6.56. The van der Waals surface area contributed by atoms with Crippen molar-refractivity contribution in [1.29, 1.82) is 0 Å². The lowest BCUT2D eigenvalue weighted by Gasteiger charge is -2.44. The molecule has 2 amide bonds. The van der Waals surface area contributed by atoms with E-state index in [1.807, 2.05) is 11.8 Å². The van der Waals surface area contributed by atoms with Crippen molar-refractivity contribution in [2.45, 2.75) is 30.6 Å². The number of hydrogen-bond donors (Lipinski definition) is 1. The van der Waals surface area contributed by atoms with Gasteiger partial charge in [-0.15, -0.1) is 6.58 Å². The number of amides is 2. The SMILES string of the molecule is C=CCN1C(=O)N=C(N)C12CCCSC2C. The molecule has 1 fully saturated rings. The van der Waals surface area contributed by atoms with Crippen LogP contribution in [0, 0.1) is 0 Å². The van der Waals surface area contributed by atoms with Gasteiger partial charge in [-0.05, 0) is 18.6 Å². The first-order chi connectivity index (χ1) is 7.63. The molecule has 1 saturated heterocycles. The predicted octanol–water partition coefficient (Wildman–Crippen LogP) is 1.62. The summed E-state index contributed by atoms with van der Waals surface area (Å²) >= 11 is 1.86. The van der Waals surface area contributed by atoms with Gasteiger partial charge in [0.2, 0.25) is 0 Å². The number of nitrogens with two attached hydrogens (primary N) is 1. The largest absolute Gasteiger partial charge is 0.385 e. The van der Waals surface area contributed by atoms with Crippen LogP contribution in [0.3, 0.4) is 0 Å². The molecule has 2 atom stereocenters. The third kappa shape index (κ3) is 1.45. The fraction of sp³-hybridized carbons (Fsp3) is 0.636. The molecule has 0 aromatic heterocycles. The Balaban J connectivity index is 2.37. The minimum absolute atomic E-state index is 0.216. The molecule has 2 aliphatic heterocycles. The Bertz CT molecular complexity index is 355. The zero-order valence-electron chi connectivity index (χ0n) is 9.48. The van der Waals surface area contributed by atoms with E-state index in [1.54, 1.807) is 11.0 Å². The van der Waals surface area contributed by atoms with Crippen LogP contribution in [0.2, 0.25) is 0 Å². The summed E-state index contributed by atoms with van der Waals surface area (Å²) in [4.78, 5) is 17.5. The van der Waals surface area contributed by atoms with Crippen LogP contribution in [-0.2, 0) is 0 Å².